The summed E-state index contributed by atoms with van der Waals surface area (Å²) in [5.41, 5.74) is 1.91. The van der Waals surface area contributed by atoms with Gasteiger partial charge in [-0.05, 0) is 47.6 Å². The molecule has 0 bridgehead atoms. The number of hydrogen-bond acceptors (Lipinski definition) is 1. The smallest absolute Gasteiger partial charge is 0.388 e. The van der Waals surface area contributed by atoms with E-state index in [0.29, 0.717) is 12.0 Å². The van der Waals surface area contributed by atoms with Gasteiger partial charge in [0.25, 0.3) is 0 Å². The lowest BCUT2D eigenvalue weighted by molar-refractivity contribution is -0.137. The van der Waals surface area contributed by atoms with Gasteiger partial charge in [0.05, 0.1) is 11.7 Å². The van der Waals surface area contributed by atoms with Crippen molar-refractivity contribution in [1.82, 2.24) is 0 Å². The minimum absolute atomic E-state index is 0.188. The highest BCUT2D eigenvalue weighted by atomic mass is 19.4. The molecule has 0 fully saturated rings. The van der Waals surface area contributed by atoms with Crippen molar-refractivity contribution >= 4 is 0 Å². The Hall–Kier alpha value is -1.81. The topological polar surface area (TPSA) is 20.2 Å². The number of benzene rings is 2. The highest BCUT2D eigenvalue weighted by Gasteiger charge is 2.33. The molecular weight excluding hydrogens is 277 g/mol. The third kappa shape index (κ3) is 2.68. The van der Waals surface area contributed by atoms with Crippen LogP contribution in [0.4, 0.5) is 13.2 Å². The number of aliphatic hydroxyl groups is 1. The molecule has 0 aliphatic heterocycles. The van der Waals surface area contributed by atoms with Crippen molar-refractivity contribution in [3.8, 4) is 11.1 Å². The average molecular weight is 292 g/mol. The zero-order chi connectivity index (χ0) is 15.0. The van der Waals surface area contributed by atoms with E-state index in [-0.39, 0.29) is 5.56 Å². The molecule has 1 aliphatic carbocycles. The van der Waals surface area contributed by atoms with Gasteiger partial charge in [0.15, 0.2) is 0 Å². The van der Waals surface area contributed by atoms with E-state index in [9.17, 15) is 18.3 Å². The van der Waals surface area contributed by atoms with E-state index >= 15 is 0 Å². The molecule has 3 rings (SSSR count). The van der Waals surface area contributed by atoms with Crippen LogP contribution < -0.4 is 0 Å². The maximum atomic E-state index is 13.1. The van der Waals surface area contributed by atoms with Crippen molar-refractivity contribution in [2.24, 2.45) is 0 Å². The Morgan fingerprint density at radius 2 is 1.81 bits per heavy atom. The standard InChI is InChI=1S/C17H15F3O/c18-17(19,20)15-6-2-1-5-13(15)12-8-9-14-11(10-12)4-3-7-16(14)21/h1-2,5-6,8-10,16,21H,3-4,7H2. The maximum absolute atomic E-state index is 13.1. The first-order valence-corrected chi connectivity index (χ1v) is 6.94. The Morgan fingerprint density at radius 1 is 1.05 bits per heavy atom. The third-order valence-corrected chi connectivity index (χ3v) is 3.97. The highest BCUT2D eigenvalue weighted by molar-refractivity contribution is 5.69. The molecule has 0 amide bonds. The second-order valence-corrected chi connectivity index (χ2v) is 5.36. The Morgan fingerprint density at radius 3 is 2.57 bits per heavy atom. The van der Waals surface area contributed by atoms with Crippen molar-refractivity contribution < 1.29 is 18.3 Å². The van der Waals surface area contributed by atoms with Gasteiger partial charge in [-0.2, -0.15) is 13.2 Å². The summed E-state index contributed by atoms with van der Waals surface area (Å²) in [6.45, 7) is 0. The summed E-state index contributed by atoms with van der Waals surface area (Å²) in [5.74, 6) is 0. The number of aliphatic hydroxyl groups excluding tert-OH is 1. The van der Waals surface area contributed by atoms with E-state index in [1.165, 1.54) is 12.1 Å². The first-order valence-electron chi connectivity index (χ1n) is 6.94. The summed E-state index contributed by atoms with van der Waals surface area (Å²) >= 11 is 0. The van der Waals surface area contributed by atoms with Crippen LogP contribution in [-0.4, -0.2) is 5.11 Å². The van der Waals surface area contributed by atoms with Crippen LogP contribution in [0.2, 0.25) is 0 Å². The predicted molar refractivity (Wildman–Crippen MR) is 74.8 cm³/mol. The van der Waals surface area contributed by atoms with Gasteiger partial charge in [0.1, 0.15) is 0 Å². The first-order chi connectivity index (χ1) is 9.97. The van der Waals surface area contributed by atoms with Crippen molar-refractivity contribution in [3.05, 3.63) is 59.2 Å². The third-order valence-electron chi connectivity index (χ3n) is 3.97. The minimum Gasteiger partial charge on any atom is -0.388 e. The molecule has 0 spiro atoms. The van der Waals surface area contributed by atoms with E-state index in [4.69, 9.17) is 0 Å². The molecule has 1 aliphatic rings. The van der Waals surface area contributed by atoms with Crippen molar-refractivity contribution in [2.75, 3.05) is 0 Å². The largest absolute Gasteiger partial charge is 0.417 e. The van der Waals surface area contributed by atoms with Gasteiger partial charge in [-0.1, -0.05) is 36.4 Å². The first kappa shape index (κ1) is 14.1. The van der Waals surface area contributed by atoms with Crippen LogP contribution in [0.3, 0.4) is 0 Å². The second-order valence-electron chi connectivity index (χ2n) is 5.36. The van der Waals surface area contributed by atoms with E-state index < -0.39 is 17.8 Å². The van der Waals surface area contributed by atoms with E-state index in [0.717, 1.165) is 30.0 Å². The SMILES string of the molecule is OC1CCCc2cc(-c3ccccc3C(F)(F)F)ccc21. The molecule has 2 aromatic rings. The maximum Gasteiger partial charge on any atom is 0.417 e. The fraction of sp³-hybridized carbons (Fsp3) is 0.294. The van der Waals surface area contributed by atoms with E-state index in [2.05, 4.69) is 0 Å². The molecular formula is C17H15F3O. The summed E-state index contributed by atoms with van der Waals surface area (Å²) in [7, 11) is 0. The van der Waals surface area contributed by atoms with Crippen molar-refractivity contribution in [3.63, 3.8) is 0 Å². The molecule has 0 radical (unpaired) electrons. The molecule has 21 heavy (non-hydrogen) atoms. The molecule has 1 atom stereocenters. The number of alkyl halides is 3. The van der Waals surface area contributed by atoms with E-state index in [1.807, 2.05) is 0 Å². The monoisotopic (exact) mass is 292 g/mol. The Bertz CT molecular complexity index is 661. The quantitative estimate of drug-likeness (QED) is 0.804. The van der Waals surface area contributed by atoms with Crippen LogP contribution in [0.5, 0.6) is 0 Å². The highest BCUT2D eigenvalue weighted by Crippen LogP contribution is 2.39. The molecule has 2 aromatic carbocycles. The molecule has 1 unspecified atom stereocenters. The second kappa shape index (κ2) is 5.19. The summed E-state index contributed by atoms with van der Waals surface area (Å²) in [5, 5.41) is 9.93. The number of halogens is 3. The summed E-state index contributed by atoms with van der Waals surface area (Å²) in [6.07, 6.45) is -2.49. The van der Waals surface area contributed by atoms with E-state index in [1.54, 1.807) is 24.3 Å². The predicted octanol–water partition coefficient (Wildman–Crippen LogP) is 4.74. The van der Waals surface area contributed by atoms with Gasteiger partial charge in [-0.3, -0.25) is 0 Å². The van der Waals surface area contributed by atoms with Gasteiger partial charge in [-0.25, -0.2) is 0 Å². The minimum atomic E-state index is -4.37. The lowest BCUT2D eigenvalue weighted by Crippen LogP contribution is -2.10. The van der Waals surface area contributed by atoms with Crippen LogP contribution in [0.15, 0.2) is 42.5 Å². The normalized spacial score (nSPS) is 18.4. The number of rotatable bonds is 1. The Kier molecular flexibility index (Phi) is 3.49. The van der Waals surface area contributed by atoms with Crippen LogP contribution >= 0.6 is 0 Å². The van der Waals surface area contributed by atoms with Gasteiger partial charge in [-0.15, -0.1) is 0 Å². The molecule has 0 heterocycles. The van der Waals surface area contributed by atoms with Crippen LogP contribution in [0.25, 0.3) is 11.1 Å². The number of hydrogen-bond donors (Lipinski definition) is 1. The molecule has 0 saturated carbocycles. The molecule has 1 N–H and O–H groups in total. The molecule has 110 valence electrons. The van der Waals surface area contributed by atoms with Crippen LogP contribution in [0.1, 0.15) is 35.6 Å². The summed E-state index contributed by atoms with van der Waals surface area (Å²) in [6, 6.07) is 10.8. The van der Waals surface area contributed by atoms with Gasteiger partial charge >= 0.3 is 6.18 Å². The lowest BCUT2D eigenvalue weighted by atomic mass is 9.86. The zero-order valence-corrected chi connectivity index (χ0v) is 11.3. The lowest BCUT2D eigenvalue weighted by Gasteiger charge is -2.22. The number of aryl methyl sites for hydroxylation is 1. The zero-order valence-electron chi connectivity index (χ0n) is 11.3. The fourth-order valence-electron chi connectivity index (χ4n) is 2.94. The van der Waals surface area contributed by atoms with Crippen LogP contribution in [-0.2, 0) is 12.6 Å². The van der Waals surface area contributed by atoms with Gasteiger partial charge in [0, 0.05) is 0 Å². The summed E-state index contributed by atoms with van der Waals surface area (Å²) < 4.78 is 39.3. The Balaban J connectivity index is 2.10. The fourth-order valence-corrected chi connectivity index (χ4v) is 2.94. The summed E-state index contributed by atoms with van der Waals surface area (Å²) in [4.78, 5) is 0. The van der Waals surface area contributed by atoms with Crippen molar-refractivity contribution in [2.45, 2.75) is 31.5 Å². The molecule has 0 aromatic heterocycles. The molecule has 4 heteroatoms. The number of fused-ring (bicyclic) bond motifs is 1. The molecule has 0 saturated heterocycles. The van der Waals surface area contributed by atoms with Crippen LogP contribution in [0, 0.1) is 0 Å². The Labute approximate surface area is 121 Å². The average Bonchev–Trinajstić information content (AvgIpc) is 2.46. The van der Waals surface area contributed by atoms with Crippen molar-refractivity contribution in [1.29, 1.82) is 0 Å². The van der Waals surface area contributed by atoms with Gasteiger partial charge in [0.2, 0.25) is 0 Å². The van der Waals surface area contributed by atoms with Gasteiger partial charge < -0.3 is 5.11 Å². The molecule has 1 nitrogen and oxygen atoms in total.